The zero-order valence-electron chi connectivity index (χ0n) is 16.4. The SMILES string of the molecule is Cc1cc(C)n(-c2ccccc2NC(=O)NCc2cccc(NS(C)(=O)=O)c2)n1. The normalized spacial score (nSPS) is 11.1. The van der Waals surface area contributed by atoms with E-state index < -0.39 is 10.0 Å². The number of carbonyl (C=O) groups excluding carboxylic acids is 1. The molecule has 29 heavy (non-hydrogen) atoms. The number of nitrogens with zero attached hydrogens (tertiary/aromatic N) is 2. The molecular formula is C20H23N5O3S. The highest BCUT2D eigenvalue weighted by Crippen LogP contribution is 2.21. The highest BCUT2D eigenvalue weighted by molar-refractivity contribution is 7.92. The van der Waals surface area contributed by atoms with E-state index in [-0.39, 0.29) is 12.6 Å². The van der Waals surface area contributed by atoms with E-state index in [1.807, 2.05) is 44.2 Å². The smallest absolute Gasteiger partial charge is 0.319 e. The van der Waals surface area contributed by atoms with Gasteiger partial charge < -0.3 is 10.6 Å². The van der Waals surface area contributed by atoms with Crippen LogP contribution in [0.15, 0.2) is 54.6 Å². The largest absolute Gasteiger partial charge is 0.334 e. The van der Waals surface area contributed by atoms with E-state index in [1.165, 1.54) is 0 Å². The lowest BCUT2D eigenvalue weighted by Crippen LogP contribution is -2.28. The number of benzene rings is 2. The molecule has 0 aliphatic carbocycles. The lowest BCUT2D eigenvalue weighted by Gasteiger charge is -2.13. The predicted octanol–water partition coefficient (Wildman–Crippen LogP) is 3.18. The lowest BCUT2D eigenvalue weighted by molar-refractivity contribution is 0.251. The minimum absolute atomic E-state index is 0.243. The molecule has 152 valence electrons. The zero-order valence-corrected chi connectivity index (χ0v) is 17.2. The summed E-state index contributed by atoms with van der Waals surface area (Å²) >= 11 is 0. The standard InChI is InChI=1S/C20H23N5O3S/c1-14-11-15(2)25(23-14)19-10-5-4-9-18(19)22-20(26)21-13-16-7-6-8-17(12-16)24-29(3,27)28/h4-12,24H,13H2,1-3H3,(H2,21,22,26). The number of anilines is 2. The van der Waals surface area contributed by atoms with Gasteiger partial charge in [0, 0.05) is 17.9 Å². The number of nitrogens with one attached hydrogen (secondary N) is 3. The number of urea groups is 1. The minimum atomic E-state index is -3.36. The molecule has 0 aliphatic heterocycles. The molecule has 1 heterocycles. The van der Waals surface area contributed by atoms with Gasteiger partial charge >= 0.3 is 6.03 Å². The van der Waals surface area contributed by atoms with Crippen LogP contribution in [-0.2, 0) is 16.6 Å². The Morgan fingerprint density at radius 3 is 2.52 bits per heavy atom. The Bertz CT molecular complexity index is 1140. The van der Waals surface area contributed by atoms with Crippen LogP contribution in [0.3, 0.4) is 0 Å². The van der Waals surface area contributed by atoms with Crippen LogP contribution < -0.4 is 15.4 Å². The van der Waals surface area contributed by atoms with Crippen LogP contribution in [0.25, 0.3) is 5.69 Å². The van der Waals surface area contributed by atoms with Gasteiger partial charge in [0.05, 0.1) is 23.3 Å². The summed E-state index contributed by atoms with van der Waals surface area (Å²) in [5.41, 5.74) is 4.47. The Morgan fingerprint density at radius 1 is 1.07 bits per heavy atom. The molecule has 0 spiro atoms. The third-order valence-corrected chi connectivity index (χ3v) is 4.68. The molecule has 8 nitrogen and oxygen atoms in total. The number of amides is 2. The van der Waals surface area contributed by atoms with Gasteiger partial charge in [-0.05, 0) is 49.7 Å². The van der Waals surface area contributed by atoms with Gasteiger partial charge in [-0.25, -0.2) is 17.9 Å². The minimum Gasteiger partial charge on any atom is -0.334 e. The van der Waals surface area contributed by atoms with Crippen molar-refractivity contribution in [3.05, 3.63) is 71.5 Å². The van der Waals surface area contributed by atoms with Crippen molar-refractivity contribution < 1.29 is 13.2 Å². The first kappa shape index (κ1) is 20.4. The molecule has 3 aromatic rings. The molecular weight excluding hydrogens is 390 g/mol. The van der Waals surface area contributed by atoms with Crippen LogP contribution in [0, 0.1) is 13.8 Å². The number of carbonyl (C=O) groups is 1. The molecule has 3 N–H and O–H groups in total. The highest BCUT2D eigenvalue weighted by Gasteiger charge is 2.11. The summed E-state index contributed by atoms with van der Waals surface area (Å²) < 4.78 is 26.9. The summed E-state index contributed by atoms with van der Waals surface area (Å²) in [7, 11) is -3.36. The maximum absolute atomic E-state index is 12.4. The number of hydrogen-bond donors (Lipinski definition) is 3. The number of para-hydroxylation sites is 2. The quantitative estimate of drug-likeness (QED) is 0.577. The summed E-state index contributed by atoms with van der Waals surface area (Å²) in [5, 5.41) is 10.1. The maximum Gasteiger partial charge on any atom is 0.319 e. The van der Waals surface area contributed by atoms with Gasteiger partial charge in [0.25, 0.3) is 0 Å². The van der Waals surface area contributed by atoms with E-state index in [9.17, 15) is 13.2 Å². The Labute approximate surface area is 170 Å². The first-order valence-electron chi connectivity index (χ1n) is 8.95. The number of aromatic nitrogens is 2. The summed E-state index contributed by atoms with van der Waals surface area (Å²) in [4.78, 5) is 12.4. The monoisotopic (exact) mass is 413 g/mol. The predicted molar refractivity (Wildman–Crippen MR) is 114 cm³/mol. The van der Waals surface area contributed by atoms with E-state index in [0.29, 0.717) is 11.4 Å². The summed E-state index contributed by atoms with van der Waals surface area (Å²) in [6, 6.07) is 15.9. The van der Waals surface area contributed by atoms with Crippen molar-refractivity contribution >= 4 is 27.4 Å². The second-order valence-electron chi connectivity index (χ2n) is 6.74. The van der Waals surface area contributed by atoms with Crippen LogP contribution >= 0.6 is 0 Å². The van der Waals surface area contributed by atoms with Crippen molar-refractivity contribution in [1.82, 2.24) is 15.1 Å². The van der Waals surface area contributed by atoms with Crippen molar-refractivity contribution in [2.75, 3.05) is 16.3 Å². The number of aryl methyl sites for hydroxylation is 2. The van der Waals surface area contributed by atoms with Crippen LogP contribution in [0.5, 0.6) is 0 Å². The molecule has 0 radical (unpaired) electrons. The average molecular weight is 414 g/mol. The fourth-order valence-corrected chi connectivity index (χ4v) is 3.50. The van der Waals surface area contributed by atoms with Gasteiger partial charge in [0.15, 0.2) is 0 Å². The van der Waals surface area contributed by atoms with Crippen molar-refractivity contribution in [3.8, 4) is 5.69 Å². The van der Waals surface area contributed by atoms with Crippen molar-refractivity contribution in [2.24, 2.45) is 0 Å². The van der Waals surface area contributed by atoms with Crippen LogP contribution in [0.1, 0.15) is 17.0 Å². The topological polar surface area (TPSA) is 105 Å². The van der Waals surface area contributed by atoms with Crippen LogP contribution in [0.2, 0.25) is 0 Å². The Hall–Kier alpha value is -3.33. The van der Waals surface area contributed by atoms with Gasteiger partial charge in [0.1, 0.15) is 0 Å². The van der Waals surface area contributed by atoms with Gasteiger partial charge in [-0.15, -0.1) is 0 Å². The molecule has 0 atom stereocenters. The second kappa shape index (κ2) is 8.36. The first-order valence-corrected chi connectivity index (χ1v) is 10.8. The van der Waals surface area contributed by atoms with Crippen LogP contribution in [-0.4, -0.2) is 30.5 Å². The molecule has 1 aromatic heterocycles. The third kappa shape index (κ3) is 5.58. The number of sulfonamides is 1. The van der Waals surface area contributed by atoms with Crippen molar-refractivity contribution in [2.45, 2.75) is 20.4 Å². The molecule has 0 bridgehead atoms. The molecule has 0 fully saturated rings. The third-order valence-electron chi connectivity index (χ3n) is 4.07. The Balaban J connectivity index is 1.68. The molecule has 0 saturated carbocycles. The summed E-state index contributed by atoms with van der Waals surface area (Å²) in [5.74, 6) is 0. The highest BCUT2D eigenvalue weighted by atomic mass is 32.2. The number of hydrogen-bond acceptors (Lipinski definition) is 4. The summed E-state index contributed by atoms with van der Waals surface area (Å²) in [6.07, 6.45) is 1.09. The average Bonchev–Trinajstić information content (AvgIpc) is 2.97. The van der Waals surface area contributed by atoms with Crippen molar-refractivity contribution in [3.63, 3.8) is 0 Å². The Kier molecular flexibility index (Phi) is 5.88. The van der Waals surface area contributed by atoms with Crippen molar-refractivity contribution in [1.29, 1.82) is 0 Å². The molecule has 0 unspecified atom stereocenters. The van der Waals surface area contributed by atoms with E-state index in [1.54, 1.807) is 28.9 Å². The number of rotatable bonds is 6. The van der Waals surface area contributed by atoms with Gasteiger partial charge in [-0.3, -0.25) is 4.72 Å². The maximum atomic E-state index is 12.4. The molecule has 2 amide bonds. The van der Waals surface area contributed by atoms with Gasteiger partial charge in [-0.2, -0.15) is 5.10 Å². The van der Waals surface area contributed by atoms with E-state index in [2.05, 4.69) is 20.5 Å². The van der Waals surface area contributed by atoms with Crippen LogP contribution in [0.4, 0.5) is 16.2 Å². The Morgan fingerprint density at radius 2 is 1.83 bits per heavy atom. The molecule has 2 aromatic carbocycles. The zero-order chi connectivity index (χ0) is 21.0. The van der Waals surface area contributed by atoms with Gasteiger partial charge in [-0.1, -0.05) is 24.3 Å². The van der Waals surface area contributed by atoms with E-state index in [0.717, 1.165) is 28.9 Å². The van der Waals surface area contributed by atoms with E-state index in [4.69, 9.17) is 0 Å². The fourth-order valence-electron chi connectivity index (χ4n) is 2.94. The van der Waals surface area contributed by atoms with E-state index >= 15 is 0 Å². The molecule has 9 heteroatoms. The van der Waals surface area contributed by atoms with Gasteiger partial charge in [0.2, 0.25) is 10.0 Å². The second-order valence-corrected chi connectivity index (χ2v) is 8.49. The molecule has 3 rings (SSSR count). The summed E-state index contributed by atoms with van der Waals surface area (Å²) in [6.45, 7) is 4.11. The fraction of sp³-hybridized carbons (Fsp3) is 0.200. The molecule has 0 saturated heterocycles. The first-order chi connectivity index (χ1) is 13.7. The molecule has 0 aliphatic rings. The lowest BCUT2D eigenvalue weighted by atomic mass is 10.2.